The van der Waals surface area contributed by atoms with E-state index in [9.17, 15) is 0 Å². The molecule has 5 aromatic rings. The van der Waals surface area contributed by atoms with Gasteiger partial charge in [-0.1, -0.05) is 101 Å². The third-order valence-electron chi connectivity index (χ3n) is 6.35. The number of fused-ring (bicyclic) bond motifs is 3. The minimum absolute atomic E-state index is 1.07. The summed E-state index contributed by atoms with van der Waals surface area (Å²) in [7, 11) is 0. The maximum absolute atomic E-state index is 3.67. The molecule has 6 rings (SSSR count). The van der Waals surface area contributed by atoms with E-state index < -0.39 is 0 Å². The molecular formula is C30H22BrN. The van der Waals surface area contributed by atoms with Crippen LogP contribution in [0.4, 0.5) is 0 Å². The summed E-state index contributed by atoms with van der Waals surface area (Å²) < 4.78 is 3.54. The molecule has 32 heavy (non-hydrogen) atoms. The molecule has 0 saturated carbocycles. The Morgan fingerprint density at radius 2 is 1.28 bits per heavy atom. The third-order valence-corrected chi connectivity index (χ3v) is 6.85. The van der Waals surface area contributed by atoms with Crippen LogP contribution >= 0.6 is 15.9 Å². The largest absolute Gasteiger partial charge is 0.313 e. The predicted molar refractivity (Wildman–Crippen MR) is 139 cm³/mol. The summed E-state index contributed by atoms with van der Waals surface area (Å²) >= 11 is 3.67. The molecule has 1 aromatic heterocycles. The molecule has 4 aromatic carbocycles. The highest BCUT2D eigenvalue weighted by Crippen LogP contribution is 2.36. The standard InChI is InChI=1S/C30H22BrN/c31-25-16-19-28-27-8-4-5-9-29(27)32(30(28)20-25)26-17-14-24(15-18-26)23-12-10-22(11-13-23)21-6-2-1-3-7-21/h1-4,6-8,10-20H,5,9H2. The van der Waals surface area contributed by atoms with Crippen molar-refractivity contribution in [3.05, 3.63) is 119 Å². The summed E-state index contributed by atoms with van der Waals surface area (Å²) in [6, 6.07) is 34.9. The van der Waals surface area contributed by atoms with Gasteiger partial charge in [-0.25, -0.2) is 0 Å². The van der Waals surface area contributed by atoms with Gasteiger partial charge >= 0.3 is 0 Å². The van der Waals surface area contributed by atoms with E-state index in [4.69, 9.17) is 0 Å². The molecule has 0 N–H and O–H groups in total. The molecule has 2 heteroatoms. The van der Waals surface area contributed by atoms with E-state index in [0.29, 0.717) is 0 Å². The highest BCUT2D eigenvalue weighted by atomic mass is 79.9. The van der Waals surface area contributed by atoms with Gasteiger partial charge in [0.1, 0.15) is 0 Å². The molecule has 0 saturated heterocycles. The number of halogens is 1. The summed E-state index contributed by atoms with van der Waals surface area (Å²) in [5, 5.41) is 1.32. The van der Waals surface area contributed by atoms with Crippen LogP contribution < -0.4 is 0 Å². The Labute approximate surface area is 196 Å². The third kappa shape index (κ3) is 3.32. The number of hydrogen-bond acceptors (Lipinski definition) is 0. The minimum atomic E-state index is 1.07. The first-order valence-electron chi connectivity index (χ1n) is 11.0. The van der Waals surface area contributed by atoms with Crippen molar-refractivity contribution in [1.82, 2.24) is 4.57 Å². The van der Waals surface area contributed by atoms with Crippen molar-refractivity contribution in [3.8, 4) is 27.9 Å². The zero-order valence-electron chi connectivity index (χ0n) is 17.6. The molecule has 0 fully saturated rings. The Bertz CT molecular complexity index is 1440. The molecule has 1 nitrogen and oxygen atoms in total. The van der Waals surface area contributed by atoms with Crippen LogP contribution in [-0.4, -0.2) is 4.57 Å². The first-order chi connectivity index (χ1) is 15.8. The molecule has 0 spiro atoms. The van der Waals surface area contributed by atoms with Crippen LogP contribution in [0.3, 0.4) is 0 Å². The van der Waals surface area contributed by atoms with Gasteiger partial charge in [-0.05, 0) is 59.4 Å². The fourth-order valence-corrected chi connectivity index (χ4v) is 5.13. The van der Waals surface area contributed by atoms with E-state index in [1.54, 1.807) is 0 Å². The van der Waals surface area contributed by atoms with E-state index in [1.165, 1.54) is 50.1 Å². The van der Waals surface area contributed by atoms with Crippen LogP contribution in [0, 0.1) is 0 Å². The number of rotatable bonds is 3. The van der Waals surface area contributed by atoms with Crippen LogP contribution in [0.1, 0.15) is 17.7 Å². The van der Waals surface area contributed by atoms with E-state index in [1.807, 2.05) is 0 Å². The maximum atomic E-state index is 3.67. The Hall–Kier alpha value is -3.36. The quantitative estimate of drug-likeness (QED) is 0.246. The summed E-state index contributed by atoms with van der Waals surface area (Å²) in [5.41, 5.74) is 10.2. The highest BCUT2D eigenvalue weighted by molar-refractivity contribution is 9.10. The van der Waals surface area contributed by atoms with E-state index in [0.717, 1.165) is 17.3 Å². The van der Waals surface area contributed by atoms with Crippen molar-refractivity contribution in [2.24, 2.45) is 0 Å². The molecule has 0 radical (unpaired) electrons. The lowest BCUT2D eigenvalue weighted by Gasteiger charge is -2.14. The van der Waals surface area contributed by atoms with Gasteiger partial charge in [0, 0.05) is 26.8 Å². The smallest absolute Gasteiger partial charge is 0.0548 e. The number of nitrogens with zero attached hydrogens (tertiary/aromatic N) is 1. The normalized spacial score (nSPS) is 12.8. The minimum Gasteiger partial charge on any atom is -0.313 e. The van der Waals surface area contributed by atoms with Crippen LogP contribution in [0.15, 0.2) is 108 Å². The average molecular weight is 476 g/mol. The van der Waals surface area contributed by atoms with Gasteiger partial charge in [-0.3, -0.25) is 0 Å². The lowest BCUT2D eigenvalue weighted by molar-refractivity contribution is 0.888. The Morgan fingerprint density at radius 3 is 1.97 bits per heavy atom. The van der Waals surface area contributed by atoms with Gasteiger partial charge in [-0.2, -0.15) is 0 Å². The first kappa shape index (κ1) is 19.3. The van der Waals surface area contributed by atoms with Gasteiger partial charge < -0.3 is 4.57 Å². The van der Waals surface area contributed by atoms with Gasteiger partial charge in [0.25, 0.3) is 0 Å². The number of aromatic nitrogens is 1. The zero-order valence-corrected chi connectivity index (χ0v) is 19.2. The van der Waals surface area contributed by atoms with Crippen molar-refractivity contribution in [2.75, 3.05) is 0 Å². The summed E-state index contributed by atoms with van der Waals surface area (Å²) in [4.78, 5) is 0. The van der Waals surface area contributed by atoms with Gasteiger partial charge in [0.2, 0.25) is 0 Å². The molecule has 154 valence electrons. The number of benzene rings is 4. The van der Waals surface area contributed by atoms with Crippen LogP contribution in [0.5, 0.6) is 0 Å². The summed E-state index contributed by atoms with van der Waals surface area (Å²) in [5.74, 6) is 0. The Kier molecular flexibility index (Phi) is 4.81. The fraction of sp³-hybridized carbons (Fsp3) is 0.0667. The van der Waals surface area contributed by atoms with E-state index in [2.05, 4.69) is 130 Å². The Balaban J connectivity index is 1.39. The molecule has 0 atom stereocenters. The van der Waals surface area contributed by atoms with Crippen molar-refractivity contribution in [2.45, 2.75) is 12.8 Å². The molecule has 1 aliphatic carbocycles. The molecule has 0 amide bonds. The van der Waals surface area contributed by atoms with Gasteiger partial charge in [0.05, 0.1) is 5.52 Å². The number of allylic oxidation sites excluding steroid dienone is 1. The molecule has 0 bridgehead atoms. The van der Waals surface area contributed by atoms with Crippen LogP contribution in [-0.2, 0) is 6.42 Å². The van der Waals surface area contributed by atoms with E-state index >= 15 is 0 Å². The maximum Gasteiger partial charge on any atom is 0.0548 e. The van der Waals surface area contributed by atoms with Gasteiger partial charge in [-0.15, -0.1) is 0 Å². The first-order valence-corrected chi connectivity index (χ1v) is 11.8. The molecule has 1 aliphatic rings. The SMILES string of the molecule is Brc1ccc2c3c(n(-c4ccc(-c5ccc(-c6ccccc6)cc5)cc4)c2c1)CCC=C3. The van der Waals surface area contributed by atoms with Crippen molar-refractivity contribution in [1.29, 1.82) is 0 Å². The molecule has 0 aliphatic heterocycles. The molecule has 0 unspecified atom stereocenters. The second-order valence-electron chi connectivity index (χ2n) is 8.29. The zero-order chi connectivity index (χ0) is 21.5. The monoisotopic (exact) mass is 475 g/mol. The highest BCUT2D eigenvalue weighted by Gasteiger charge is 2.18. The van der Waals surface area contributed by atoms with Crippen molar-refractivity contribution < 1.29 is 0 Å². The topological polar surface area (TPSA) is 4.93 Å². The second-order valence-corrected chi connectivity index (χ2v) is 9.20. The van der Waals surface area contributed by atoms with Crippen molar-refractivity contribution in [3.63, 3.8) is 0 Å². The van der Waals surface area contributed by atoms with Crippen LogP contribution in [0.25, 0.3) is 44.9 Å². The second kappa shape index (κ2) is 7.96. The molecular weight excluding hydrogens is 454 g/mol. The fourth-order valence-electron chi connectivity index (χ4n) is 4.78. The molecule has 1 heterocycles. The summed E-state index contributed by atoms with van der Waals surface area (Å²) in [6.07, 6.45) is 6.74. The predicted octanol–water partition coefficient (Wildman–Crippen LogP) is 8.69. The van der Waals surface area contributed by atoms with E-state index in [-0.39, 0.29) is 0 Å². The number of hydrogen-bond donors (Lipinski definition) is 0. The summed E-state index contributed by atoms with van der Waals surface area (Å²) in [6.45, 7) is 0. The van der Waals surface area contributed by atoms with Gasteiger partial charge in [0.15, 0.2) is 0 Å². The Morgan fingerprint density at radius 1 is 0.656 bits per heavy atom. The lowest BCUT2D eigenvalue weighted by Crippen LogP contribution is -2.02. The lowest BCUT2D eigenvalue weighted by atomic mass is 10.00. The average Bonchev–Trinajstić information content (AvgIpc) is 3.18. The van der Waals surface area contributed by atoms with Crippen molar-refractivity contribution >= 4 is 32.9 Å². The van der Waals surface area contributed by atoms with Crippen LogP contribution in [0.2, 0.25) is 0 Å².